The summed E-state index contributed by atoms with van der Waals surface area (Å²) in [6.07, 6.45) is 1.39. The van der Waals surface area contributed by atoms with Crippen molar-refractivity contribution in [2.45, 2.75) is 19.8 Å². The molecule has 2 rings (SSSR count). The summed E-state index contributed by atoms with van der Waals surface area (Å²) in [6, 6.07) is 4.14. The van der Waals surface area contributed by atoms with E-state index in [1.807, 2.05) is 0 Å². The van der Waals surface area contributed by atoms with Crippen LogP contribution < -0.4 is 21.9 Å². The molecule has 144 valence electrons. The zero-order valence-corrected chi connectivity index (χ0v) is 15.5. The molecular weight excluding hydrogens is 377 g/mol. The normalized spacial score (nSPS) is 14.3. The van der Waals surface area contributed by atoms with Crippen LogP contribution in [0.15, 0.2) is 42.0 Å². The number of aliphatic hydroxyl groups is 1. The number of nitrogens with two attached hydrogens (primary N) is 1. The van der Waals surface area contributed by atoms with Crippen LogP contribution in [-0.2, 0) is 16.0 Å². The average Bonchev–Trinajstić information content (AvgIpc) is 2.61. The van der Waals surface area contributed by atoms with Crippen LogP contribution in [0.4, 0.5) is 4.39 Å². The van der Waals surface area contributed by atoms with Crippen LogP contribution in [0.2, 0.25) is 5.02 Å². The number of methoxy groups -OCH3 is 1. The fraction of sp³-hybridized carbons (Fsp3) is 0.222. The zero-order valence-electron chi connectivity index (χ0n) is 14.8. The van der Waals surface area contributed by atoms with Crippen LogP contribution in [0.25, 0.3) is 11.6 Å². The number of aromatic nitrogens is 2. The van der Waals surface area contributed by atoms with E-state index in [2.05, 4.69) is 11.6 Å². The molecule has 27 heavy (non-hydrogen) atoms. The van der Waals surface area contributed by atoms with Crippen molar-refractivity contribution in [1.29, 1.82) is 0 Å². The fourth-order valence-corrected chi connectivity index (χ4v) is 2.58. The third-order valence-corrected chi connectivity index (χ3v) is 3.85. The highest BCUT2D eigenvalue weighted by Crippen LogP contribution is 2.16. The third-order valence-electron chi connectivity index (χ3n) is 3.56. The van der Waals surface area contributed by atoms with Gasteiger partial charge in [0, 0.05) is 0 Å². The number of benzene rings is 1. The number of hydrogen-bond donors (Lipinski definition) is 2. The Labute approximate surface area is 159 Å². The largest absolute Gasteiger partial charge is 0.496 e. The van der Waals surface area contributed by atoms with E-state index in [1.54, 1.807) is 0 Å². The number of halogens is 2. The van der Waals surface area contributed by atoms with Crippen molar-refractivity contribution in [3.63, 3.8) is 0 Å². The first-order chi connectivity index (χ1) is 12.8. The molecule has 0 aliphatic carbocycles. The minimum absolute atomic E-state index is 0.00559. The Balaban J connectivity index is 2.72. The summed E-state index contributed by atoms with van der Waals surface area (Å²) >= 11 is 5.79. The minimum Gasteiger partial charge on any atom is -0.496 e. The van der Waals surface area contributed by atoms with E-state index in [4.69, 9.17) is 26.8 Å². The molecule has 0 saturated carbocycles. The number of aliphatic hydroxyl groups excluding tert-OH is 1. The Bertz CT molecular complexity index is 1030. The van der Waals surface area contributed by atoms with E-state index in [0.29, 0.717) is 5.56 Å². The summed E-state index contributed by atoms with van der Waals surface area (Å²) in [5.74, 6) is -0.669. The van der Waals surface area contributed by atoms with Gasteiger partial charge in [-0.25, -0.2) is 9.37 Å². The second kappa shape index (κ2) is 8.70. The standard InChI is InChI=1S/C18H19ClFN3O4/c1-4-14(26-3)15-16(17(21)27-10(2)24)22-9-23(18(15)25)8-11-5-6-13(20)12(19)7-11/h4-7,9-10,24H,1,8,21H2,2-3H3/b15-14-,17-16-. The van der Waals surface area contributed by atoms with E-state index < -0.39 is 17.7 Å². The Morgan fingerprint density at radius 3 is 2.81 bits per heavy atom. The molecule has 1 atom stereocenters. The summed E-state index contributed by atoms with van der Waals surface area (Å²) in [5, 5.41) is 9.33. The first-order valence-electron chi connectivity index (χ1n) is 7.83. The summed E-state index contributed by atoms with van der Waals surface area (Å²) in [7, 11) is 1.36. The highest BCUT2D eigenvalue weighted by atomic mass is 35.5. The summed E-state index contributed by atoms with van der Waals surface area (Å²) in [5.41, 5.74) is 5.92. The Kier molecular flexibility index (Phi) is 6.59. The Morgan fingerprint density at radius 2 is 2.26 bits per heavy atom. The van der Waals surface area contributed by atoms with Gasteiger partial charge < -0.3 is 20.3 Å². The quantitative estimate of drug-likeness (QED) is 0.687. The molecule has 0 aliphatic rings. The first-order valence-corrected chi connectivity index (χ1v) is 8.20. The molecule has 0 fully saturated rings. The van der Waals surface area contributed by atoms with Crippen molar-refractivity contribution >= 4 is 23.2 Å². The highest BCUT2D eigenvalue weighted by Gasteiger charge is 2.11. The molecule has 3 N–H and O–H groups in total. The van der Waals surface area contributed by atoms with Crippen molar-refractivity contribution < 1.29 is 19.0 Å². The predicted molar refractivity (Wildman–Crippen MR) is 99.2 cm³/mol. The van der Waals surface area contributed by atoms with Crippen LogP contribution in [0.1, 0.15) is 12.5 Å². The lowest BCUT2D eigenvalue weighted by molar-refractivity contribution is -0.0259. The molecule has 0 aliphatic heterocycles. The molecule has 1 unspecified atom stereocenters. The van der Waals surface area contributed by atoms with Crippen molar-refractivity contribution in [3.8, 4) is 0 Å². The molecule has 7 nitrogen and oxygen atoms in total. The topological polar surface area (TPSA) is 99.6 Å². The highest BCUT2D eigenvalue weighted by molar-refractivity contribution is 6.30. The van der Waals surface area contributed by atoms with Crippen LogP contribution in [0.5, 0.6) is 0 Å². The maximum absolute atomic E-state index is 13.3. The SMILES string of the molecule is C=C/C(OC)=c1/c(=O)n(Cc2ccc(F)c(Cl)c2)cn/c1=C(/N)OC(C)O. The molecule has 2 aromatic rings. The monoisotopic (exact) mass is 395 g/mol. The first kappa shape index (κ1) is 20.5. The number of nitrogens with zero attached hydrogens (tertiary/aromatic N) is 2. The van der Waals surface area contributed by atoms with Gasteiger partial charge in [0.25, 0.3) is 5.56 Å². The number of hydrogen-bond acceptors (Lipinski definition) is 6. The smallest absolute Gasteiger partial charge is 0.265 e. The van der Waals surface area contributed by atoms with Crippen molar-refractivity contribution in [3.05, 3.63) is 74.5 Å². The van der Waals surface area contributed by atoms with Gasteiger partial charge in [0.15, 0.2) is 6.29 Å². The second-order valence-electron chi connectivity index (χ2n) is 5.50. The molecule has 0 radical (unpaired) electrons. The van der Waals surface area contributed by atoms with Gasteiger partial charge in [0.05, 0.1) is 25.0 Å². The van der Waals surface area contributed by atoms with E-state index in [1.165, 1.54) is 49.2 Å². The maximum atomic E-state index is 13.3. The van der Waals surface area contributed by atoms with E-state index in [9.17, 15) is 14.3 Å². The van der Waals surface area contributed by atoms with Gasteiger partial charge in [-0.3, -0.25) is 9.36 Å². The van der Waals surface area contributed by atoms with Crippen LogP contribution in [0, 0.1) is 5.82 Å². The maximum Gasteiger partial charge on any atom is 0.265 e. The third kappa shape index (κ3) is 4.66. The second-order valence-corrected chi connectivity index (χ2v) is 5.91. The van der Waals surface area contributed by atoms with E-state index in [-0.39, 0.29) is 33.8 Å². The molecule has 0 amide bonds. The lowest BCUT2D eigenvalue weighted by atomic mass is 10.2. The van der Waals surface area contributed by atoms with E-state index in [0.717, 1.165) is 0 Å². The van der Waals surface area contributed by atoms with Crippen LogP contribution in [0.3, 0.4) is 0 Å². The zero-order chi connectivity index (χ0) is 20.1. The summed E-state index contributed by atoms with van der Waals surface area (Å²) in [6.45, 7) is 5.06. The van der Waals surface area contributed by atoms with E-state index >= 15 is 0 Å². The number of ether oxygens (including phenoxy) is 2. The molecule has 1 aromatic carbocycles. The van der Waals surface area contributed by atoms with Crippen molar-refractivity contribution in [2.75, 3.05) is 7.11 Å². The molecule has 0 saturated heterocycles. The molecule has 1 aromatic heterocycles. The van der Waals surface area contributed by atoms with Gasteiger partial charge in [0.2, 0.25) is 5.88 Å². The van der Waals surface area contributed by atoms with Gasteiger partial charge in [0.1, 0.15) is 22.1 Å². The molecule has 1 heterocycles. The minimum atomic E-state index is -1.20. The van der Waals surface area contributed by atoms with Crippen molar-refractivity contribution in [1.82, 2.24) is 9.55 Å². The number of rotatable bonds is 6. The molecule has 9 heteroatoms. The lowest BCUT2D eigenvalue weighted by Crippen LogP contribution is -2.50. The molecule has 0 spiro atoms. The van der Waals surface area contributed by atoms with Gasteiger partial charge in [-0.05, 0) is 30.7 Å². The average molecular weight is 396 g/mol. The summed E-state index contributed by atoms with van der Waals surface area (Å²) < 4.78 is 24.8. The van der Waals surface area contributed by atoms with Gasteiger partial charge >= 0.3 is 0 Å². The van der Waals surface area contributed by atoms with Crippen LogP contribution in [-0.4, -0.2) is 28.1 Å². The molecule has 0 bridgehead atoms. The summed E-state index contributed by atoms with van der Waals surface area (Å²) in [4.78, 5) is 17.1. The van der Waals surface area contributed by atoms with Crippen LogP contribution >= 0.6 is 11.6 Å². The van der Waals surface area contributed by atoms with Gasteiger partial charge in [-0.2, -0.15) is 0 Å². The van der Waals surface area contributed by atoms with Crippen molar-refractivity contribution in [2.24, 2.45) is 5.73 Å². The lowest BCUT2D eigenvalue weighted by Gasteiger charge is -2.10. The van der Waals surface area contributed by atoms with Gasteiger partial charge in [-0.15, -0.1) is 0 Å². The predicted octanol–water partition coefficient (Wildman–Crippen LogP) is 0.404. The van der Waals surface area contributed by atoms with Gasteiger partial charge in [-0.1, -0.05) is 24.2 Å². The fourth-order valence-electron chi connectivity index (χ4n) is 2.37. The molecular formula is C18H19ClFN3O4. The Morgan fingerprint density at radius 1 is 1.56 bits per heavy atom. The Hall–Kier alpha value is -2.84.